The number of nitrogens with zero attached hydrogens (tertiary/aromatic N) is 2. The molecule has 0 saturated carbocycles. The van der Waals surface area contributed by atoms with Gasteiger partial charge in [0.2, 0.25) is 12.1 Å². The Morgan fingerprint density at radius 2 is 0.833 bits per heavy atom. The van der Waals surface area contributed by atoms with Crippen LogP contribution in [0.1, 0.15) is 34.3 Å². The van der Waals surface area contributed by atoms with Crippen LogP contribution in [0.3, 0.4) is 0 Å². The van der Waals surface area contributed by atoms with E-state index >= 15 is 0 Å². The summed E-state index contributed by atoms with van der Waals surface area (Å²) in [4.78, 5) is 0. The maximum absolute atomic E-state index is 5.64. The van der Waals surface area contributed by atoms with Gasteiger partial charge in [-0.2, -0.15) is 0 Å². The van der Waals surface area contributed by atoms with Crippen LogP contribution in [-0.2, 0) is 0 Å². The van der Waals surface area contributed by atoms with Crippen molar-refractivity contribution in [2.45, 2.75) is 12.1 Å². The molecule has 4 nitrogen and oxygen atoms in total. The molecule has 4 aromatic rings. The lowest BCUT2D eigenvalue weighted by molar-refractivity contribution is -0.638. The van der Waals surface area contributed by atoms with Gasteiger partial charge in [0.25, 0.3) is 0 Å². The molecule has 0 radical (unpaired) electrons. The second-order valence-electron chi connectivity index (χ2n) is 8.78. The lowest BCUT2D eigenvalue weighted by atomic mass is 9.92. The van der Waals surface area contributed by atoms with Crippen LogP contribution in [0.25, 0.3) is 0 Å². The predicted molar refractivity (Wildman–Crippen MR) is 147 cm³/mol. The number of likely N-dealkylation sites (N-methyl/N-ethyl adjacent to an activating group) is 2. The Morgan fingerprint density at radius 1 is 0.500 bits per heavy atom. The van der Waals surface area contributed by atoms with E-state index in [1.165, 1.54) is 11.1 Å². The quantitative estimate of drug-likeness (QED) is 0.217. The summed E-state index contributed by atoms with van der Waals surface area (Å²) in [6.45, 7) is 0. The second-order valence-corrected chi connectivity index (χ2v) is 8.78. The summed E-state index contributed by atoms with van der Waals surface area (Å²) in [5.41, 5.74) is 4.51. The standard InChI is InChI=1S/C32H34N2O2/c1-33(23-27-19-11-13-21-29(27)35-3)31(25-15-7-5-8-16-25)32(26-17-9-6-10-18-26)34(2)24-28-20-12-14-22-30(28)36-4/h5-24,31-32H,1-4H3/q+2. The number of para-hydroxylation sites is 2. The Balaban J connectivity index is 1.91. The van der Waals surface area contributed by atoms with Gasteiger partial charge in [0.15, 0.2) is 12.4 Å². The maximum Gasteiger partial charge on any atom is 0.243 e. The third kappa shape index (κ3) is 5.72. The van der Waals surface area contributed by atoms with Gasteiger partial charge < -0.3 is 9.47 Å². The zero-order chi connectivity index (χ0) is 25.3. The number of hydrogen-bond acceptors (Lipinski definition) is 2. The molecule has 36 heavy (non-hydrogen) atoms. The summed E-state index contributed by atoms with van der Waals surface area (Å²) in [6, 6.07) is 37.6. The Bertz CT molecular complexity index is 1230. The predicted octanol–water partition coefficient (Wildman–Crippen LogP) is 6.01. The van der Waals surface area contributed by atoms with Crippen molar-refractivity contribution < 1.29 is 18.6 Å². The third-order valence-electron chi connectivity index (χ3n) is 6.42. The van der Waals surface area contributed by atoms with E-state index in [4.69, 9.17) is 9.47 Å². The topological polar surface area (TPSA) is 24.5 Å². The van der Waals surface area contributed by atoms with Gasteiger partial charge >= 0.3 is 0 Å². The van der Waals surface area contributed by atoms with E-state index < -0.39 is 0 Å². The Hall–Kier alpha value is -4.18. The highest BCUT2D eigenvalue weighted by Crippen LogP contribution is 2.34. The highest BCUT2D eigenvalue weighted by atomic mass is 16.5. The highest BCUT2D eigenvalue weighted by Gasteiger charge is 2.39. The first-order valence-corrected chi connectivity index (χ1v) is 12.1. The van der Waals surface area contributed by atoms with Gasteiger partial charge in [-0.15, -0.1) is 0 Å². The smallest absolute Gasteiger partial charge is 0.243 e. The molecule has 2 unspecified atom stereocenters. The van der Waals surface area contributed by atoms with Crippen LogP contribution in [0, 0.1) is 0 Å². The SMILES string of the molecule is COc1ccccc1C=[N+](C)C(c1ccccc1)C(c1ccccc1)[N+](C)=Cc1ccccc1OC. The minimum Gasteiger partial charge on any atom is -0.496 e. The van der Waals surface area contributed by atoms with E-state index in [1.807, 2.05) is 36.4 Å². The average Bonchev–Trinajstić information content (AvgIpc) is 2.93. The van der Waals surface area contributed by atoms with Gasteiger partial charge in [0, 0.05) is 11.1 Å². The summed E-state index contributed by atoms with van der Waals surface area (Å²) in [5.74, 6) is 1.70. The van der Waals surface area contributed by atoms with Crippen LogP contribution in [0.4, 0.5) is 0 Å². The summed E-state index contributed by atoms with van der Waals surface area (Å²) < 4.78 is 15.9. The summed E-state index contributed by atoms with van der Waals surface area (Å²) in [6.07, 6.45) is 4.34. The first-order chi connectivity index (χ1) is 17.6. The van der Waals surface area contributed by atoms with Crippen LogP contribution in [-0.4, -0.2) is 49.9 Å². The van der Waals surface area contributed by atoms with E-state index in [-0.39, 0.29) is 12.1 Å². The molecule has 0 N–H and O–H groups in total. The monoisotopic (exact) mass is 478 g/mol. The van der Waals surface area contributed by atoms with Crippen LogP contribution in [0.2, 0.25) is 0 Å². The van der Waals surface area contributed by atoms with E-state index in [1.54, 1.807) is 14.2 Å². The lowest BCUT2D eigenvalue weighted by Gasteiger charge is -2.22. The van der Waals surface area contributed by atoms with Gasteiger partial charge in [-0.25, -0.2) is 9.15 Å². The Kier molecular flexibility index (Phi) is 8.30. The first-order valence-electron chi connectivity index (χ1n) is 12.1. The van der Waals surface area contributed by atoms with Gasteiger partial charge in [-0.1, -0.05) is 84.9 Å². The second kappa shape index (κ2) is 12.0. The molecule has 0 aromatic heterocycles. The van der Waals surface area contributed by atoms with Crippen LogP contribution in [0.5, 0.6) is 11.5 Å². The lowest BCUT2D eigenvalue weighted by Crippen LogP contribution is -2.30. The number of methoxy groups -OCH3 is 2. The molecule has 2 atom stereocenters. The summed E-state index contributed by atoms with van der Waals surface area (Å²) in [5, 5.41) is 0. The largest absolute Gasteiger partial charge is 0.496 e. The normalized spacial score (nSPS) is 13.7. The Labute approximate surface area is 214 Å². The van der Waals surface area contributed by atoms with Crippen LogP contribution >= 0.6 is 0 Å². The molecule has 4 rings (SSSR count). The molecule has 4 heteroatoms. The Morgan fingerprint density at radius 3 is 1.19 bits per heavy atom. The third-order valence-corrected chi connectivity index (χ3v) is 6.42. The molecular formula is C32H34N2O2+2. The number of benzene rings is 4. The van der Waals surface area contributed by atoms with Crippen molar-refractivity contribution in [3.05, 3.63) is 131 Å². The highest BCUT2D eigenvalue weighted by molar-refractivity contribution is 5.80. The van der Waals surface area contributed by atoms with Crippen LogP contribution in [0.15, 0.2) is 109 Å². The zero-order valence-electron chi connectivity index (χ0n) is 21.4. The van der Waals surface area contributed by atoms with Crippen LogP contribution < -0.4 is 9.47 Å². The molecule has 0 aliphatic heterocycles. The van der Waals surface area contributed by atoms with Crippen molar-refractivity contribution in [3.63, 3.8) is 0 Å². The molecule has 0 aliphatic carbocycles. The molecule has 0 saturated heterocycles. The molecule has 0 aliphatic rings. The summed E-state index contributed by atoms with van der Waals surface area (Å²) in [7, 11) is 7.70. The van der Waals surface area contributed by atoms with Crippen molar-refractivity contribution in [3.8, 4) is 11.5 Å². The molecule has 0 spiro atoms. The fraction of sp³-hybridized carbons (Fsp3) is 0.188. The van der Waals surface area contributed by atoms with E-state index in [0.717, 1.165) is 22.6 Å². The van der Waals surface area contributed by atoms with Crippen molar-refractivity contribution in [1.29, 1.82) is 0 Å². The van der Waals surface area contributed by atoms with Gasteiger partial charge in [-0.05, 0) is 24.3 Å². The van der Waals surface area contributed by atoms with E-state index in [2.05, 4.69) is 108 Å². The number of ether oxygens (including phenoxy) is 2. The molecular weight excluding hydrogens is 444 g/mol. The van der Waals surface area contributed by atoms with Crippen molar-refractivity contribution in [2.24, 2.45) is 0 Å². The maximum atomic E-state index is 5.64. The van der Waals surface area contributed by atoms with Crippen molar-refractivity contribution >= 4 is 12.4 Å². The average molecular weight is 479 g/mol. The van der Waals surface area contributed by atoms with E-state index in [0.29, 0.717) is 0 Å². The first kappa shape index (κ1) is 24.9. The van der Waals surface area contributed by atoms with Gasteiger partial charge in [0.05, 0.1) is 25.3 Å². The van der Waals surface area contributed by atoms with Crippen molar-refractivity contribution in [2.75, 3.05) is 28.3 Å². The van der Waals surface area contributed by atoms with Crippen molar-refractivity contribution in [1.82, 2.24) is 0 Å². The minimum atomic E-state index is 0.00877. The minimum absolute atomic E-state index is 0.00877. The molecule has 0 amide bonds. The molecule has 4 aromatic carbocycles. The molecule has 0 fully saturated rings. The molecule has 0 bridgehead atoms. The fourth-order valence-corrected chi connectivity index (χ4v) is 4.73. The fourth-order valence-electron chi connectivity index (χ4n) is 4.73. The molecule has 182 valence electrons. The summed E-state index contributed by atoms with van der Waals surface area (Å²) >= 11 is 0. The molecule has 0 heterocycles. The number of hydrogen-bond donors (Lipinski definition) is 0. The number of rotatable bonds is 9. The van der Waals surface area contributed by atoms with E-state index in [9.17, 15) is 0 Å². The van der Waals surface area contributed by atoms with Gasteiger partial charge in [-0.3, -0.25) is 0 Å². The zero-order valence-corrected chi connectivity index (χ0v) is 21.4. The van der Waals surface area contributed by atoms with Gasteiger partial charge in [0.1, 0.15) is 25.6 Å².